The van der Waals surface area contributed by atoms with Gasteiger partial charge in [-0.1, -0.05) is 5.21 Å². The molecule has 2 aromatic heterocycles. The second-order valence-electron chi connectivity index (χ2n) is 9.75. The first-order valence-electron chi connectivity index (χ1n) is 12.9. The lowest BCUT2D eigenvalue weighted by molar-refractivity contribution is -0.146. The fourth-order valence-electron chi connectivity index (χ4n) is 4.75. The van der Waals surface area contributed by atoms with Gasteiger partial charge in [-0.15, -0.1) is 5.10 Å². The Labute approximate surface area is 212 Å². The molecule has 198 valence electrons. The van der Waals surface area contributed by atoms with Gasteiger partial charge < -0.3 is 30.3 Å². The normalized spacial score (nSPS) is 20.8. The van der Waals surface area contributed by atoms with Crippen LogP contribution < -0.4 is 15.5 Å². The van der Waals surface area contributed by atoms with Crippen molar-refractivity contribution in [3.63, 3.8) is 0 Å². The summed E-state index contributed by atoms with van der Waals surface area (Å²) >= 11 is 0. The summed E-state index contributed by atoms with van der Waals surface area (Å²) in [5.41, 5.74) is 0.790. The van der Waals surface area contributed by atoms with E-state index in [0.717, 1.165) is 75.7 Å². The van der Waals surface area contributed by atoms with Crippen molar-refractivity contribution >= 4 is 23.6 Å². The molecular formula is C24H39N9O3. The van der Waals surface area contributed by atoms with Crippen molar-refractivity contribution in [3.8, 4) is 0 Å². The number of ether oxygens (including phenoxy) is 1. The fraction of sp³-hybridized carbons (Fsp3) is 0.708. The van der Waals surface area contributed by atoms with Gasteiger partial charge in [0, 0.05) is 51.9 Å². The number of aliphatic hydroxyl groups excluding tert-OH is 1. The van der Waals surface area contributed by atoms with Crippen molar-refractivity contribution in [2.24, 2.45) is 11.8 Å². The Morgan fingerprint density at radius 3 is 2.64 bits per heavy atom. The minimum atomic E-state index is -0.0850. The van der Waals surface area contributed by atoms with Crippen molar-refractivity contribution in [3.05, 3.63) is 18.0 Å². The highest BCUT2D eigenvalue weighted by atomic mass is 16.5. The van der Waals surface area contributed by atoms with Gasteiger partial charge in [-0.2, -0.15) is 9.97 Å². The summed E-state index contributed by atoms with van der Waals surface area (Å²) in [4.78, 5) is 26.0. The van der Waals surface area contributed by atoms with E-state index in [2.05, 4.69) is 37.8 Å². The molecule has 0 aromatic carbocycles. The van der Waals surface area contributed by atoms with Gasteiger partial charge >= 0.3 is 5.97 Å². The topological polar surface area (TPSA) is 134 Å². The number of aliphatic hydroxyl groups is 1. The SMILES string of the molecule is COC(=O)C1CCC(CNc2cc(N3CCN(C)CC3)nc(NCc3cn(CCCO)nn3)n2)CC1. The van der Waals surface area contributed by atoms with E-state index in [0.29, 0.717) is 31.4 Å². The molecule has 1 aliphatic carbocycles. The number of nitrogens with zero attached hydrogens (tertiary/aromatic N) is 7. The maximum absolute atomic E-state index is 11.8. The molecule has 1 aliphatic heterocycles. The minimum absolute atomic E-state index is 0.0338. The maximum atomic E-state index is 11.8. The van der Waals surface area contributed by atoms with E-state index in [9.17, 15) is 4.79 Å². The Hall–Kier alpha value is -2.99. The van der Waals surface area contributed by atoms with Gasteiger partial charge in [-0.05, 0) is 45.1 Å². The number of carbonyl (C=O) groups is 1. The lowest BCUT2D eigenvalue weighted by Crippen LogP contribution is -2.44. The van der Waals surface area contributed by atoms with Crippen LogP contribution in [-0.4, -0.2) is 94.4 Å². The van der Waals surface area contributed by atoms with Crippen LogP contribution in [-0.2, 0) is 22.6 Å². The van der Waals surface area contributed by atoms with Crippen molar-refractivity contribution in [1.29, 1.82) is 0 Å². The highest BCUT2D eigenvalue weighted by Gasteiger charge is 2.27. The van der Waals surface area contributed by atoms with Crippen LogP contribution in [0.25, 0.3) is 0 Å². The van der Waals surface area contributed by atoms with E-state index in [1.807, 2.05) is 12.3 Å². The van der Waals surface area contributed by atoms with E-state index < -0.39 is 0 Å². The molecule has 4 rings (SSSR count). The molecule has 3 N–H and O–H groups in total. The standard InChI is InChI=1S/C24H39N9O3/c1-31-9-11-32(12-10-31)22-14-21(25-15-18-4-6-19(7-5-18)23(35)36-2)27-24(28-22)26-16-20-17-33(30-29-20)8-3-13-34/h14,17-19,34H,3-13,15-16H2,1-2H3,(H2,25,26,27,28). The van der Waals surface area contributed by atoms with Crippen LogP contribution >= 0.6 is 0 Å². The number of carbonyl (C=O) groups excluding carboxylic acids is 1. The lowest BCUT2D eigenvalue weighted by atomic mass is 9.82. The third-order valence-corrected chi connectivity index (χ3v) is 7.05. The van der Waals surface area contributed by atoms with Gasteiger partial charge in [0.15, 0.2) is 0 Å². The molecule has 1 saturated carbocycles. The zero-order valence-electron chi connectivity index (χ0n) is 21.4. The van der Waals surface area contributed by atoms with Crippen LogP contribution in [0.3, 0.4) is 0 Å². The number of likely N-dealkylation sites (N-methyl/N-ethyl adjacent to an activating group) is 1. The van der Waals surface area contributed by atoms with Crippen LogP contribution in [0.15, 0.2) is 12.3 Å². The zero-order chi connectivity index (χ0) is 25.3. The first-order chi connectivity index (χ1) is 17.5. The Morgan fingerprint density at radius 1 is 1.14 bits per heavy atom. The van der Waals surface area contributed by atoms with Crippen LogP contribution in [0.5, 0.6) is 0 Å². The third kappa shape index (κ3) is 7.26. The first kappa shape index (κ1) is 26.1. The summed E-state index contributed by atoms with van der Waals surface area (Å²) in [7, 11) is 3.61. The monoisotopic (exact) mass is 501 g/mol. The largest absolute Gasteiger partial charge is 0.469 e. The van der Waals surface area contributed by atoms with Crippen LogP contribution in [0.1, 0.15) is 37.8 Å². The average molecular weight is 502 g/mol. The van der Waals surface area contributed by atoms with E-state index in [4.69, 9.17) is 19.8 Å². The van der Waals surface area contributed by atoms with Gasteiger partial charge in [0.2, 0.25) is 5.95 Å². The molecule has 12 heteroatoms. The number of piperazine rings is 1. The van der Waals surface area contributed by atoms with Gasteiger partial charge in [-0.3, -0.25) is 9.48 Å². The Kier molecular flexibility index (Phi) is 9.29. The number of rotatable bonds is 11. The van der Waals surface area contributed by atoms with E-state index in [1.54, 1.807) is 4.68 Å². The molecule has 12 nitrogen and oxygen atoms in total. The van der Waals surface area contributed by atoms with E-state index in [1.165, 1.54) is 7.11 Å². The number of anilines is 3. The van der Waals surface area contributed by atoms with Gasteiger partial charge in [0.1, 0.15) is 17.3 Å². The molecule has 2 aromatic rings. The molecule has 0 spiro atoms. The molecule has 0 amide bonds. The number of methoxy groups -OCH3 is 1. The molecule has 0 bridgehead atoms. The molecule has 1 saturated heterocycles. The number of hydrogen-bond donors (Lipinski definition) is 3. The third-order valence-electron chi connectivity index (χ3n) is 7.05. The summed E-state index contributed by atoms with van der Waals surface area (Å²) in [5, 5.41) is 24.1. The number of esters is 1. The first-order valence-corrected chi connectivity index (χ1v) is 12.9. The molecule has 0 atom stereocenters. The molecule has 2 aliphatic rings. The van der Waals surface area contributed by atoms with Crippen molar-refractivity contribution in [2.45, 2.75) is 45.2 Å². The Balaban J connectivity index is 1.39. The summed E-state index contributed by atoms with van der Waals surface area (Å²) in [5.74, 6) is 2.70. The average Bonchev–Trinajstić information content (AvgIpc) is 3.37. The van der Waals surface area contributed by atoms with Gasteiger partial charge in [0.25, 0.3) is 0 Å². The summed E-state index contributed by atoms with van der Waals surface area (Å²) in [6.07, 6.45) is 6.27. The quantitative estimate of drug-likeness (QED) is 0.384. The van der Waals surface area contributed by atoms with Crippen LogP contribution in [0, 0.1) is 11.8 Å². The number of hydrogen-bond acceptors (Lipinski definition) is 11. The second kappa shape index (κ2) is 12.8. The number of aromatic nitrogens is 5. The zero-order valence-corrected chi connectivity index (χ0v) is 21.4. The second-order valence-corrected chi connectivity index (χ2v) is 9.75. The van der Waals surface area contributed by atoms with Crippen molar-refractivity contribution < 1.29 is 14.6 Å². The fourth-order valence-corrected chi connectivity index (χ4v) is 4.75. The van der Waals surface area contributed by atoms with Crippen LogP contribution in [0.2, 0.25) is 0 Å². The predicted octanol–water partition coefficient (Wildman–Crippen LogP) is 1.21. The molecule has 0 unspecified atom stereocenters. The summed E-state index contributed by atoms with van der Waals surface area (Å²) < 4.78 is 6.65. The van der Waals surface area contributed by atoms with Crippen molar-refractivity contribution in [2.75, 3.05) is 69.0 Å². The van der Waals surface area contributed by atoms with E-state index >= 15 is 0 Å². The highest BCUT2D eigenvalue weighted by Crippen LogP contribution is 2.30. The Morgan fingerprint density at radius 2 is 1.92 bits per heavy atom. The van der Waals surface area contributed by atoms with Gasteiger partial charge in [0.05, 0.1) is 25.8 Å². The Bertz CT molecular complexity index is 969. The lowest BCUT2D eigenvalue weighted by Gasteiger charge is -2.33. The molecule has 0 radical (unpaired) electrons. The molecular weight excluding hydrogens is 462 g/mol. The van der Waals surface area contributed by atoms with Gasteiger partial charge in [-0.25, -0.2) is 0 Å². The molecule has 2 fully saturated rings. The molecule has 36 heavy (non-hydrogen) atoms. The molecule has 3 heterocycles. The summed E-state index contributed by atoms with van der Waals surface area (Å²) in [6.45, 7) is 5.86. The van der Waals surface area contributed by atoms with Crippen LogP contribution in [0.4, 0.5) is 17.6 Å². The smallest absolute Gasteiger partial charge is 0.308 e. The minimum Gasteiger partial charge on any atom is -0.469 e. The highest BCUT2D eigenvalue weighted by molar-refractivity contribution is 5.72. The summed E-state index contributed by atoms with van der Waals surface area (Å²) in [6, 6.07) is 2.03. The van der Waals surface area contributed by atoms with Crippen molar-refractivity contribution in [1.82, 2.24) is 29.9 Å². The van der Waals surface area contributed by atoms with E-state index in [-0.39, 0.29) is 18.5 Å². The number of aryl methyl sites for hydroxylation is 1. The predicted molar refractivity (Wildman–Crippen MR) is 137 cm³/mol. The number of nitrogens with one attached hydrogen (secondary N) is 2. The maximum Gasteiger partial charge on any atom is 0.308 e.